The highest BCUT2D eigenvalue weighted by Gasteiger charge is 2.26. The molecule has 1 aromatic heterocycles. The van der Waals surface area contributed by atoms with Gasteiger partial charge in [0.25, 0.3) is 0 Å². The van der Waals surface area contributed by atoms with E-state index in [9.17, 15) is 0 Å². The molecule has 0 spiro atoms. The van der Waals surface area contributed by atoms with Crippen molar-refractivity contribution in [3.8, 4) is 0 Å². The third kappa shape index (κ3) is 3.84. The molecule has 0 saturated carbocycles. The van der Waals surface area contributed by atoms with Crippen LogP contribution in [0.15, 0.2) is 66.9 Å². The summed E-state index contributed by atoms with van der Waals surface area (Å²) < 4.78 is 0. The molecule has 4 rings (SSSR count). The average Bonchev–Trinajstić information content (AvgIpc) is 2.83. The largest absolute Gasteiger partial charge is 0.334 e. The third-order valence-corrected chi connectivity index (χ3v) is 5.26. The van der Waals surface area contributed by atoms with Crippen LogP contribution >= 0.6 is 11.6 Å². The van der Waals surface area contributed by atoms with Gasteiger partial charge in [-0.15, -0.1) is 0 Å². The lowest BCUT2D eigenvalue weighted by atomic mass is 10.1. The van der Waals surface area contributed by atoms with Crippen LogP contribution in [0.5, 0.6) is 0 Å². The Morgan fingerprint density at radius 3 is 2.61 bits per heavy atom. The molecular weight excluding hydrogens is 368 g/mol. The zero-order chi connectivity index (χ0) is 19.5. The van der Waals surface area contributed by atoms with Crippen molar-refractivity contribution >= 4 is 34.5 Å². The second-order valence-corrected chi connectivity index (χ2v) is 7.79. The maximum Gasteiger partial charge on any atom is 0.157 e. The van der Waals surface area contributed by atoms with Gasteiger partial charge in [-0.05, 0) is 75.1 Å². The van der Waals surface area contributed by atoms with Gasteiger partial charge in [-0.2, -0.15) is 0 Å². The Balaban J connectivity index is 1.83. The van der Waals surface area contributed by atoms with E-state index < -0.39 is 0 Å². The number of nitrogens with zero attached hydrogens (tertiary/aromatic N) is 4. The maximum absolute atomic E-state index is 6.37. The van der Waals surface area contributed by atoms with Crippen LogP contribution in [-0.2, 0) is 6.54 Å². The number of rotatable bonds is 5. The van der Waals surface area contributed by atoms with Gasteiger partial charge in [0.2, 0.25) is 0 Å². The van der Waals surface area contributed by atoms with Gasteiger partial charge in [-0.1, -0.05) is 29.8 Å². The summed E-state index contributed by atoms with van der Waals surface area (Å²) in [6, 6.07) is 20.8. The summed E-state index contributed by atoms with van der Waals surface area (Å²) in [6.07, 6.45) is 2.93. The van der Waals surface area contributed by atoms with Gasteiger partial charge in [-0.3, -0.25) is 0 Å². The first-order valence-electron chi connectivity index (χ1n) is 9.62. The number of halogens is 1. The lowest BCUT2D eigenvalue weighted by molar-refractivity contribution is 0.402. The molecule has 1 aliphatic heterocycles. The van der Waals surface area contributed by atoms with Crippen LogP contribution in [0.3, 0.4) is 0 Å². The molecule has 0 fully saturated rings. The number of anilines is 4. The Morgan fingerprint density at radius 1 is 1.00 bits per heavy atom. The average molecular weight is 393 g/mol. The minimum absolute atomic E-state index is 0.753. The predicted octanol–water partition coefficient (Wildman–Crippen LogP) is 5.48. The summed E-state index contributed by atoms with van der Waals surface area (Å²) in [7, 11) is 4.22. The van der Waals surface area contributed by atoms with E-state index in [0.717, 1.165) is 48.3 Å². The van der Waals surface area contributed by atoms with Crippen LogP contribution in [-0.4, -0.2) is 37.1 Å². The molecule has 144 valence electrons. The van der Waals surface area contributed by atoms with E-state index in [2.05, 4.69) is 71.3 Å². The van der Waals surface area contributed by atoms with E-state index in [1.54, 1.807) is 0 Å². The molecule has 5 heteroatoms. The smallest absolute Gasteiger partial charge is 0.157 e. The first-order chi connectivity index (χ1) is 13.6. The van der Waals surface area contributed by atoms with Crippen LogP contribution in [0.1, 0.15) is 12.0 Å². The molecule has 2 heterocycles. The lowest BCUT2D eigenvalue weighted by Gasteiger charge is -2.27. The fraction of sp³-hybridized carbons (Fsp3) is 0.261. The first kappa shape index (κ1) is 18.8. The zero-order valence-corrected chi connectivity index (χ0v) is 17.1. The first-order valence-corrected chi connectivity index (χ1v) is 9.99. The predicted molar refractivity (Wildman–Crippen MR) is 118 cm³/mol. The van der Waals surface area contributed by atoms with Gasteiger partial charge in [0.05, 0.1) is 12.2 Å². The van der Waals surface area contributed by atoms with Gasteiger partial charge in [0.1, 0.15) is 0 Å². The Kier molecular flexibility index (Phi) is 5.51. The summed E-state index contributed by atoms with van der Waals surface area (Å²) in [5.41, 5.74) is 4.66. The van der Waals surface area contributed by atoms with Crippen molar-refractivity contribution < 1.29 is 0 Å². The second kappa shape index (κ2) is 8.21. The molecule has 1 aliphatic rings. The highest BCUT2D eigenvalue weighted by molar-refractivity contribution is 6.30. The standard InChI is InChI=1S/C23H25ClN4/c1-26(2)14-7-15-27-21-12-11-19(24)16-18(21)17-28(20-8-4-3-5-9-20)22-10-6-13-25-23(22)27/h3-6,8-13,16H,7,14-15,17H2,1-2H3. The van der Waals surface area contributed by atoms with Crippen molar-refractivity contribution in [3.05, 3.63) is 77.4 Å². The summed E-state index contributed by atoms with van der Waals surface area (Å²) in [4.78, 5) is 11.7. The topological polar surface area (TPSA) is 22.6 Å². The second-order valence-electron chi connectivity index (χ2n) is 7.35. The Morgan fingerprint density at radius 2 is 1.82 bits per heavy atom. The van der Waals surface area contributed by atoms with Crippen molar-refractivity contribution in [2.75, 3.05) is 37.0 Å². The van der Waals surface area contributed by atoms with Crippen molar-refractivity contribution in [2.24, 2.45) is 0 Å². The monoisotopic (exact) mass is 392 g/mol. The SMILES string of the molecule is CN(C)CCCN1c2ccc(Cl)cc2CN(c2ccccc2)c2cccnc21. The van der Waals surface area contributed by atoms with Crippen LogP contribution in [0.4, 0.5) is 22.9 Å². The summed E-state index contributed by atoms with van der Waals surface area (Å²) in [6.45, 7) is 2.69. The van der Waals surface area contributed by atoms with E-state index >= 15 is 0 Å². The Labute approximate surface area is 172 Å². The Bertz CT molecular complexity index is 942. The summed E-state index contributed by atoms with van der Waals surface area (Å²) in [5, 5.41) is 0.763. The van der Waals surface area contributed by atoms with Crippen LogP contribution < -0.4 is 9.80 Å². The fourth-order valence-electron chi connectivity index (χ4n) is 3.73. The molecule has 0 N–H and O–H groups in total. The lowest BCUT2D eigenvalue weighted by Crippen LogP contribution is -2.24. The highest BCUT2D eigenvalue weighted by Crippen LogP contribution is 2.43. The van der Waals surface area contributed by atoms with Gasteiger partial charge in [-0.25, -0.2) is 4.98 Å². The molecular formula is C23H25ClN4. The minimum atomic E-state index is 0.753. The minimum Gasteiger partial charge on any atom is -0.334 e. The molecule has 0 aliphatic carbocycles. The van der Waals surface area contributed by atoms with E-state index in [1.807, 2.05) is 24.4 Å². The number of para-hydroxylation sites is 1. The molecule has 0 bridgehead atoms. The number of pyridine rings is 1. The van der Waals surface area contributed by atoms with Crippen molar-refractivity contribution in [3.63, 3.8) is 0 Å². The van der Waals surface area contributed by atoms with Crippen molar-refractivity contribution in [1.82, 2.24) is 9.88 Å². The quantitative estimate of drug-likeness (QED) is 0.573. The normalized spacial score (nSPS) is 13.3. The van der Waals surface area contributed by atoms with Crippen LogP contribution in [0, 0.1) is 0 Å². The molecule has 4 nitrogen and oxygen atoms in total. The van der Waals surface area contributed by atoms with Gasteiger partial charge in [0.15, 0.2) is 5.82 Å². The summed E-state index contributed by atoms with van der Waals surface area (Å²) >= 11 is 6.37. The van der Waals surface area contributed by atoms with E-state index in [1.165, 1.54) is 11.3 Å². The third-order valence-electron chi connectivity index (χ3n) is 5.03. The van der Waals surface area contributed by atoms with Crippen molar-refractivity contribution in [2.45, 2.75) is 13.0 Å². The molecule has 2 aromatic carbocycles. The van der Waals surface area contributed by atoms with Gasteiger partial charge < -0.3 is 14.7 Å². The molecule has 28 heavy (non-hydrogen) atoms. The van der Waals surface area contributed by atoms with Crippen molar-refractivity contribution in [1.29, 1.82) is 0 Å². The molecule has 0 unspecified atom stereocenters. The zero-order valence-electron chi connectivity index (χ0n) is 16.3. The van der Waals surface area contributed by atoms with Crippen LogP contribution in [0.25, 0.3) is 0 Å². The van der Waals surface area contributed by atoms with E-state index in [4.69, 9.17) is 16.6 Å². The molecule has 0 amide bonds. The van der Waals surface area contributed by atoms with E-state index in [-0.39, 0.29) is 0 Å². The van der Waals surface area contributed by atoms with Gasteiger partial charge in [0, 0.05) is 29.1 Å². The summed E-state index contributed by atoms with van der Waals surface area (Å²) in [5.74, 6) is 0.992. The molecule has 0 radical (unpaired) electrons. The van der Waals surface area contributed by atoms with Gasteiger partial charge >= 0.3 is 0 Å². The number of hydrogen-bond acceptors (Lipinski definition) is 4. The number of aromatic nitrogens is 1. The highest BCUT2D eigenvalue weighted by atomic mass is 35.5. The van der Waals surface area contributed by atoms with Crippen LogP contribution in [0.2, 0.25) is 5.02 Å². The fourth-order valence-corrected chi connectivity index (χ4v) is 3.93. The Hall–Kier alpha value is -2.56. The molecule has 0 atom stereocenters. The maximum atomic E-state index is 6.37. The molecule has 0 saturated heterocycles. The van der Waals surface area contributed by atoms with E-state index in [0.29, 0.717) is 0 Å². The number of hydrogen-bond donors (Lipinski definition) is 0. The molecule has 3 aromatic rings. The number of fused-ring (bicyclic) bond motifs is 2. The number of benzene rings is 2.